The van der Waals surface area contributed by atoms with Crippen LogP contribution in [0.4, 0.5) is 0 Å². The molecule has 2 saturated heterocycles. The molecule has 0 unspecified atom stereocenters. The second-order valence-corrected chi connectivity index (χ2v) is 7.01. The molecule has 2 fully saturated rings. The Hall–Kier alpha value is -1.01. The Morgan fingerprint density at radius 3 is 2.48 bits per heavy atom. The molecule has 1 aromatic rings. The molecule has 0 aromatic carbocycles. The summed E-state index contributed by atoms with van der Waals surface area (Å²) in [6.45, 7) is 14.3. The molecule has 1 atom stereocenters. The van der Waals surface area contributed by atoms with Gasteiger partial charge in [-0.2, -0.15) is 0 Å². The summed E-state index contributed by atoms with van der Waals surface area (Å²) in [4.78, 5) is 11.7. The van der Waals surface area contributed by atoms with Gasteiger partial charge in [0.2, 0.25) is 0 Å². The van der Waals surface area contributed by atoms with Crippen LogP contribution in [-0.2, 0) is 11.3 Å². The summed E-state index contributed by atoms with van der Waals surface area (Å²) in [6, 6.07) is 4.85. The van der Waals surface area contributed by atoms with Gasteiger partial charge in [-0.05, 0) is 31.5 Å². The molecule has 0 saturated carbocycles. The molecule has 0 aliphatic carbocycles. The van der Waals surface area contributed by atoms with Crippen molar-refractivity contribution in [1.29, 1.82) is 0 Å². The van der Waals surface area contributed by atoms with Crippen molar-refractivity contribution in [3.8, 4) is 0 Å². The molecule has 0 radical (unpaired) electrons. The SMILES string of the molecule is CC(C)N1CCO[C@@H](CN2CCN(Cc3ccncc3)CC2)C1. The first-order valence-corrected chi connectivity index (χ1v) is 8.90. The van der Waals surface area contributed by atoms with Crippen LogP contribution in [0.1, 0.15) is 19.4 Å². The van der Waals surface area contributed by atoms with Gasteiger partial charge in [-0.3, -0.25) is 19.7 Å². The van der Waals surface area contributed by atoms with Crippen LogP contribution in [0.2, 0.25) is 0 Å². The van der Waals surface area contributed by atoms with Gasteiger partial charge in [-0.15, -0.1) is 0 Å². The Kier molecular flexibility index (Phi) is 6.00. The Bertz CT molecular complexity index is 459. The van der Waals surface area contributed by atoms with Crippen LogP contribution in [0, 0.1) is 0 Å². The maximum absolute atomic E-state index is 5.98. The average Bonchev–Trinajstić information content (AvgIpc) is 2.58. The number of hydrogen-bond acceptors (Lipinski definition) is 5. The molecule has 128 valence electrons. The van der Waals surface area contributed by atoms with E-state index < -0.39 is 0 Å². The number of piperazine rings is 1. The van der Waals surface area contributed by atoms with Crippen LogP contribution < -0.4 is 0 Å². The standard InChI is InChI=1S/C18H30N4O/c1-16(2)22-11-12-23-18(15-22)14-21-9-7-20(8-10-21)13-17-3-5-19-6-4-17/h3-6,16,18H,7-15H2,1-2H3/t18-/m0/s1. The van der Waals surface area contributed by atoms with Crippen LogP contribution in [0.3, 0.4) is 0 Å². The first-order valence-electron chi connectivity index (χ1n) is 8.90. The first-order chi connectivity index (χ1) is 11.2. The monoisotopic (exact) mass is 318 g/mol. The summed E-state index contributed by atoms with van der Waals surface area (Å²) in [5.74, 6) is 0. The van der Waals surface area contributed by atoms with E-state index in [1.807, 2.05) is 12.4 Å². The van der Waals surface area contributed by atoms with Gasteiger partial charge in [-0.25, -0.2) is 0 Å². The second kappa shape index (κ2) is 8.20. The number of ether oxygens (including phenoxy) is 1. The van der Waals surface area contributed by atoms with Crippen LogP contribution in [0.5, 0.6) is 0 Å². The summed E-state index contributed by atoms with van der Waals surface area (Å²) < 4.78 is 5.98. The van der Waals surface area contributed by atoms with Crippen molar-refractivity contribution >= 4 is 0 Å². The normalized spacial score (nSPS) is 25.1. The molecule has 2 aliphatic rings. The largest absolute Gasteiger partial charge is 0.374 e. The number of aromatic nitrogens is 1. The van der Waals surface area contributed by atoms with Crippen LogP contribution in [0.15, 0.2) is 24.5 Å². The fourth-order valence-electron chi connectivity index (χ4n) is 3.49. The van der Waals surface area contributed by atoms with Gasteiger partial charge in [-0.1, -0.05) is 0 Å². The molecule has 2 aliphatic heterocycles. The van der Waals surface area contributed by atoms with E-state index in [1.54, 1.807) is 0 Å². The van der Waals surface area contributed by atoms with Gasteiger partial charge in [0.25, 0.3) is 0 Å². The number of hydrogen-bond donors (Lipinski definition) is 0. The van der Waals surface area contributed by atoms with E-state index in [9.17, 15) is 0 Å². The molecular formula is C18H30N4O. The Labute approximate surface area is 140 Å². The lowest BCUT2D eigenvalue weighted by Gasteiger charge is -2.40. The van der Waals surface area contributed by atoms with E-state index in [4.69, 9.17) is 4.74 Å². The quantitative estimate of drug-likeness (QED) is 0.817. The maximum Gasteiger partial charge on any atom is 0.0829 e. The first kappa shape index (κ1) is 16.8. The minimum Gasteiger partial charge on any atom is -0.374 e. The van der Waals surface area contributed by atoms with Crippen molar-refractivity contribution in [2.24, 2.45) is 0 Å². The van der Waals surface area contributed by atoms with E-state index in [0.717, 1.165) is 59.0 Å². The van der Waals surface area contributed by atoms with Crippen molar-refractivity contribution in [3.63, 3.8) is 0 Å². The molecule has 1 aromatic heterocycles. The number of nitrogens with zero attached hydrogens (tertiary/aromatic N) is 4. The summed E-state index contributed by atoms with van der Waals surface area (Å²) in [7, 11) is 0. The lowest BCUT2D eigenvalue weighted by molar-refractivity contribution is -0.0565. The Morgan fingerprint density at radius 2 is 1.78 bits per heavy atom. The van der Waals surface area contributed by atoms with Crippen LogP contribution >= 0.6 is 0 Å². The fourth-order valence-corrected chi connectivity index (χ4v) is 3.49. The predicted octanol–water partition coefficient (Wildman–Crippen LogP) is 1.31. The zero-order valence-electron chi connectivity index (χ0n) is 14.5. The summed E-state index contributed by atoms with van der Waals surface area (Å²) >= 11 is 0. The fraction of sp³-hybridized carbons (Fsp3) is 0.722. The minimum atomic E-state index is 0.373. The molecule has 23 heavy (non-hydrogen) atoms. The summed E-state index contributed by atoms with van der Waals surface area (Å²) in [6.07, 6.45) is 4.14. The Morgan fingerprint density at radius 1 is 1.09 bits per heavy atom. The topological polar surface area (TPSA) is 31.8 Å². The summed E-state index contributed by atoms with van der Waals surface area (Å²) in [5, 5.41) is 0. The summed E-state index contributed by atoms with van der Waals surface area (Å²) in [5.41, 5.74) is 1.36. The van der Waals surface area contributed by atoms with Crippen molar-refractivity contribution in [1.82, 2.24) is 19.7 Å². The van der Waals surface area contributed by atoms with Gasteiger partial charge in [0.05, 0.1) is 12.7 Å². The zero-order valence-corrected chi connectivity index (χ0v) is 14.5. The van der Waals surface area contributed by atoms with E-state index in [1.165, 1.54) is 5.56 Å². The average molecular weight is 318 g/mol. The lowest BCUT2D eigenvalue weighted by Crippen LogP contribution is -2.53. The van der Waals surface area contributed by atoms with Gasteiger partial charge in [0.15, 0.2) is 0 Å². The van der Waals surface area contributed by atoms with Gasteiger partial charge in [0, 0.05) is 70.8 Å². The van der Waals surface area contributed by atoms with Crippen molar-refractivity contribution in [2.45, 2.75) is 32.5 Å². The highest BCUT2D eigenvalue weighted by Gasteiger charge is 2.25. The molecule has 0 spiro atoms. The minimum absolute atomic E-state index is 0.373. The molecule has 0 amide bonds. The Balaban J connectivity index is 1.41. The predicted molar refractivity (Wildman–Crippen MR) is 92.4 cm³/mol. The highest BCUT2D eigenvalue weighted by molar-refractivity contribution is 5.09. The third-order valence-corrected chi connectivity index (χ3v) is 4.98. The molecule has 3 heterocycles. The number of pyridine rings is 1. The molecule has 0 bridgehead atoms. The second-order valence-electron chi connectivity index (χ2n) is 7.01. The highest BCUT2D eigenvalue weighted by Crippen LogP contribution is 2.13. The molecular weight excluding hydrogens is 288 g/mol. The molecule has 5 heteroatoms. The van der Waals surface area contributed by atoms with Gasteiger partial charge < -0.3 is 4.74 Å². The maximum atomic E-state index is 5.98. The molecule has 3 rings (SSSR count). The molecule has 5 nitrogen and oxygen atoms in total. The smallest absolute Gasteiger partial charge is 0.0829 e. The van der Waals surface area contributed by atoms with E-state index in [2.05, 4.69) is 45.7 Å². The van der Waals surface area contributed by atoms with Crippen LogP contribution in [0.25, 0.3) is 0 Å². The van der Waals surface area contributed by atoms with Crippen molar-refractivity contribution in [3.05, 3.63) is 30.1 Å². The van der Waals surface area contributed by atoms with Crippen molar-refractivity contribution in [2.75, 3.05) is 52.4 Å². The third-order valence-electron chi connectivity index (χ3n) is 4.98. The van der Waals surface area contributed by atoms with Gasteiger partial charge >= 0.3 is 0 Å². The lowest BCUT2D eigenvalue weighted by atomic mass is 10.2. The van der Waals surface area contributed by atoms with E-state index in [0.29, 0.717) is 12.1 Å². The highest BCUT2D eigenvalue weighted by atomic mass is 16.5. The van der Waals surface area contributed by atoms with Gasteiger partial charge in [0.1, 0.15) is 0 Å². The van der Waals surface area contributed by atoms with Crippen molar-refractivity contribution < 1.29 is 4.74 Å². The molecule has 0 N–H and O–H groups in total. The van der Waals surface area contributed by atoms with Crippen LogP contribution in [-0.4, -0.2) is 84.2 Å². The third kappa shape index (κ3) is 4.98. The number of rotatable bonds is 5. The van der Waals surface area contributed by atoms with E-state index >= 15 is 0 Å². The zero-order chi connectivity index (χ0) is 16.1. The number of morpholine rings is 1. The van der Waals surface area contributed by atoms with E-state index in [-0.39, 0.29) is 0 Å².